The molecule has 0 spiro atoms. The number of amides is 1. The van der Waals surface area contributed by atoms with E-state index in [1.807, 2.05) is 0 Å². The number of aliphatic hydroxyl groups excluding tert-OH is 1. The summed E-state index contributed by atoms with van der Waals surface area (Å²) in [4.78, 5) is 24.2. The van der Waals surface area contributed by atoms with Crippen LogP contribution in [0.4, 0.5) is 4.79 Å². The highest BCUT2D eigenvalue weighted by Gasteiger charge is 2.34. The summed E-state index contributed by atoms with van der Waals surface area (Å²) < 4.78 is 16.0. The molecular weight excluding hydrogens is 314 g/mol. The van der Waals surface area contributed by atoms with Crippen molar-refractivity contribution in [2.75, 3.05) is 13.2 Å². The number of rotatable bonds is 4. The molecule has 1 aliphatic heterocycles. The van der Waals surface area contributed by atoms with E-state index in [-0.39, 0.29) is 19.1 Å². The van der Waals surface area contributed by atoms with E-state index in [0.29, 0.717) is 0 Å². The molecule has 0 aliphatic carbocycles. The Kier molecular flexibility index (Phi) is 7.96. The number of unbranched alkanes of at least 4 members (excludes halogenated alkanes) is 1. The van der Waals surface area contributed by atoms with Crippen molar-refractivity contribution in [2.24, 2.45) is 5.92 Å². The number of esters is 1. The molecule has 2 N–H and O–H groups in total. The minimum atomic E-state index is -0.959. The van der Waals surface area contributed by atoms with Gasteiger partial charge in [0.2, 0.25) is 0 Å². The number of cyclic esters (lactones) is 1. The summed E-state index contributed by atoms with van der Waals surface area (Å²) in [7, 11) is 0. The zero-order valence-corrected chi connectivity index (χ0v) is 15.3. The van der Waals surface area contributed by atoms with Crippen molar-refractivity contribution in [1.29, 1.82) is 0 Å². The Morgan fingerprint density at radius 3 is 2.62 bits per heavy atom. The quantitative estimate of drug-likeness (QED) is 0.757. The third-order valence-corrected chi connectivity index (χ3v) is 3.84. The first-order valence-electron chi connectivity index (χ1n) is 8.60. The Labute approximate surface area is 144 Å². The lowest BCUT2D eigenvalue weighted by atomic mass is 9.91. The normalized spacial score (nSPS) is 29.0. The highest BCUT2D eigenvalue weighted by atomic mass is 16.6. The van der Waals surface area contributed by atoms with Crippen LogP contribution in [0, 0.1) is 5.92 Å². The maximum atomic E-state index is 12.3. The van der Waals surface area contributed by atoms with Crippen LogP contribution in [0.25, 0.3) is 0 Å². The van der Waals surface area contributed by atoms with Gasteiger partial charge < -0.3 is 24.6 Å². The van der Waals surface area contributed by atoms with Crippen LogP contribution in [-0.2, 0) is 19.0 Å². The minimum Gasteiger partial charge on any atom is -0.461 e. The first-order valence-corrected chi connectivity index (χ1v) is 8.60. The predicted molar refractivity (Wildman–Crippen MR) is 88.6 cm³/mol. The number of carbonyl (C=O) groups excluding carboxylic acids is 2. The number of ether oxygens (including phenoxy) is 3. The van der Waals surface area contributed by atoms with Gasteiger partial charge in [-0.15, -0.1) is 0 Å². The molecule has 7 heteroatoms. The van der Waals surface area contributed by atoms with Gasteiger partial charge in [-0.25, -0.2) is 9.59 Å². The molecule has 0 saturated carbocycles. The standard InChI is InChI=1S/C17H31NO6/c1-6-7-8-12-11(2)23-15(20)13(9-22-10-14(12)19)18-16(21)24-17(3,4)5/h11-14,19H,6-10H2,1-5H3,(H,18,21). The minimum absolute atomic E-state index is 0.0671. The van der Waals surface area contributed by atoms with Gasteiger partial charge in [-0.2, -0.15) is 0 Å². The fraction of sp³-hybridized carbons (Fsp3) is 0.882. The van der Waals surface area contributed by atoms with Crippen molar-refractivity contribution in [3.05, 3.63) is 0 Å². The third-order valence-electron chi connectivity index (χ3n) is 3.84. The molecule has 0 aromatic rings. The van der Waals surface area contributed by atoms with E-state index in [1.165, 1.54) is 0 Å². The number of hydrogen-bond donors (Lipinski definition) is 2. The van der Waals surface area contributed by atoms with Gasteiger partial charge in [0, 0.05) is 5.92 Å². The molecular formula is C17H31NO6. The first-order chi connectivity index (χ1) is 11.1. The third kappa shape index (κ3) is 7.05. The summed E-state index contributed by atoms with van der Waals surface area (Å²) in [5.41, 5.74) is -0.665. The number of hydrogen-bond acceptors (Lipinski definition) is 6. The van der Waals surface area contributed by atoms with Crippen molar-refractivity contribution < 1.29 is 28.9 Å². The molecule has 1 rings (SSSR count). The van der Waals surface area contributed by atoms with Crippen LogP contribution in [0.5, 0.6) is 0 Å². The fourth-order valence-corrected chi connectivity index (χ4v) is 2.58. The molecule has 24 heavy (non-hydrogen) atoms. The van der Waals surface area contributed by atoms with Crippen molar-refractivity contribution >= 4 is 12.1 Å². The molecule has 7 nitrogen and oxygen atoms in total. The Morgan fingerprint density at radius 2 is 2.04 bits per heavy atom. The van der Waals surface area contributed by atoms with Gasteiger partial charge >= 0.3 is 12.1 Å². The van der Waals surface area contributed by atoms with Crippen molar-refractivity contribution in [1.82, 2.24) is 5.32 Å². The van der Waals surface area contributed by atoms with Gasteiger partial charge in [0.25, 0.3) is 0 Å². The molecule has 0 bridgehead atoms. The predicted octanol–water partition coefficient (Wildman–Crippen LogP) is 2.01. The monoisotopic (exact) mass is 345 g/mol. The highest BCUT2D eigenvalue weighted by Crippen LogP contribution is 2.22. The van der Waals surface area contributed by atoms with Crippen molar-refractivity contribution in [3.63, 3.8) is 0 Å². The second kappa shape index (κ2) is 9.22. The highest BCUT2D eigenvalue weighted by molar-refractivity contribution is 5.81. The van der Waals surface area contributed by atoms with Crippen LogP contribution in [0.2, 0.25) is 0 Å². The summed E-state index contributed by atoms with van der Waals surface area (Å²) >= 11 is 0. The molecule has 0 aromatic carbocycles. The van der Waals surface area contributed by atoms with Crippen LogP contribution in [0.3, 0.4) is 0 Å². The number of aliphatic hydroxyl groups is 1. The van der Waals surface area contributed by atoms with Gasteiger partial charge in [-0.05, 0) is 34.1 Å². The fourth-order valence-electron chi connectivity index (χ4n) is 2.58. The Bertz CT molecular complexity index is 420. The van der Waals surface area contributed by atoms with E-state index in [9.17, 15) is 14.7 Å². The molecule has 1 fully saturated rings. The van der Waals surface area contributed by atoms with E-state index >= 15 is 0 Å². The molecule has 4 unspecified atom stereocenters. The van der Waals surface area contributed by atoms with E-state index in [1.54, 1.807) is 27.7 Å². The molecule has 1 saturated heterocycles. The largest absolute Gasteiger partial charge is 0.461 e. The summed E-state index contributed by atoms with van der Waals surface area (Å²) in [6.45, 7) is 9.07. The van der Waals surface area contributed by atoms with Crippen molar-refractivity contribution in [2.45, 2.75) is 77.7 Å². The summed E-state index contributed by atoms with van der Waals surface area (Å²) in [5, 5.41) is 12.7. The molecule has 0 radical (unpaired) electrons. The van der Waals surface area contributed by atoms with Gasteiger partial charge in [0.1, 0.15) is 11.7 Å². The SMILES string of the molecule is CCCCC1C(O)COCC(NC(=O)OC(C)(C)C)C(=O)OC1C. The van der Waals surface area contributed by atoms with E-state index in [2.05, 4.69) is 12.2 Å². The average molecular weight is 345 g/mol. The maximum Gasteiger partial charge on any atom is 0.408 e. The van der Waals surface area contributed by atoms with E-state index < -0.39 is 35.9 Å². The van der Waals surface area contributed by atoms with Gasteiger partial charge in [-0.3, -0.25) is 0 Å². The molecule has 1 aliphatic rings. The van der Waals surface area contributed by atoms with Crippen LogP contribution >= 0.6 is 0 Å². The van der Waals surface area contributed by atoms with Gasteiger partial charge in [0.05, 0.1) is 19.3 Å². The van der Waals surface area contributed by atoms with E-state index in [4.69, 9.17) is 14.2 Å². The van der Waals surface area contributed by atoms with Crippen molar-refractivity contribution in [3.8, 4) is 0 Å². The van der Waals surface area contributed by atoms with E-state index in [0.717, 1.165) is 19.3 Å². The summed E-state index contributed by atoms with van der Waals surface area (Å²) in [5.74, 6) is -0.766. The second-order valence-corrected chi connectivity index (χ2v) is 7.25. The lowest BCUT2D eigenvalue weighted by molar-refractivity contribution is -0.154. The number of carbonyl (C=O) groups is 2. The summed E-state index contributed by atoms with van der Waals surface area (Å²) in [6.07, 6.45) is 0.808. The zero-order chi connectivity index (χ0) is 18.3. The van der Waals surface area contributed by atoms with Crippen LogP contribution in [0.15, 0.2) is 0 Å². The molecule has 1 amide bonds. The summed E-state index contributed by atoms with van der Waals surface area (Å²) in [6, 6.07) is -0.959. The van der Waals surface area contributed by atoms with Gasteiger partial charge in [-0.1, -0.05) is 19.8 Å². The topological polar surface area (TPSA) is 94.1 Å². The van der Waals surface area contributed by atoms with Gasteiger partial charge in [0.15, 0.2) is 6.04 Å². The molecule has 4 atom stereocenters. The second-order valence-electron chi connectivity index (χ2n) is 7.25. The molecule has 0 aromatic heterocycles. The Balaban J connectivity index is 2.72. The number of nitrogens with one attached hydrogen (secondary N) is 1. The van der Waals surface area contributed by atoms with Crippen LogP contribution in [0.1, 0.15) is 53.9 Å². The van der Waals surface area contributed by atoms with Crippen LogP contribution < -0.4 is 5.32 Å². The Hall–Kier alpha value is -1.34. The smallest absolute Gasteiger partial charge is 0.408 e. The molecule has 140 valence electrons. The Morgan fingerprint density at radius 1 is 1.38 bits per heavy atom. The lowest BCUT2D eigenvalue weighted by Gasteiger charge is -2.27. The zero-order valence-electron chi connectivity index (χ0n) is 15.3. The number of alkyl carbamates (subject to hydrolysis) is 1. The first kappa shape index (κ1) is 20.7. The molecule has 1 heterocycles. The van der Waals surface area contributed by atoms with Crippen LogP contribution in [-0.4, -0.2) is 54.2 Å². The maximum absolute atomic E-state index is 12.3. The lowest BCUT2D eigenvalue weighted by Crippen LogP contribution is -2.47. The average Bonchev–Trinajstić information content (AvgIpc) is 2.47.